The molecule has 0 aromatic heterocycles. The molecule has 1 heterocycles. The van der Waals surface area contributed by atoms with Gasteiger partial charge in [-0.2, -0.15) is 0 Å². The largest absolute Gasteiger partial charge is 0.314 e. The third kappa shape index (κ3) is 6.03. The van der Waals surface area contributed by atoms with Crippen LogP contribution in [0.25, 0.3) is 0 Å². The van der Waals surface area contributed by atoms with Crippen LogP contribution in [0.4, 0.5) is 4.39 Å². The number of hydrogen-bond donors (Lipinski definition) is 1. The van der Waals surface area contributed by atoms with Gasteiger partial charge in [-0.25, -0.2) is 4.39 Å². The highest BCUT2D eigenvalue weighted by molar-refractivity contribution is 9.10. The minimum atomic E-state index is -0.0986. The summed E-state index contributed by atoms with van der Waals surface area (Å²) in [5.74, 6) is 0.460. The summed E-state index contributed by atoms with van der Waals surface area (Å²) >= 11 is 3.33. The summed E-state index contributed by atoms with van der Waals surface area (Å²) in [5, 5.41) is 3.36. The zero-order valence-corrected chi connectivity index (χ0v) is 15.7. The van der Waals surface area contributed by atoms with E-state index < -0.39 is 0 Å². The molecule has 1 aromatic carbocycles. The Balaban J connectivity index is 0.00000200. The highest BCUT2D eigenvalue weighted by atomic mass is 79.9. The Labute approximate surface area is 147 Å². The molecule has 21 heavy (non-hydrogen) atoms. The van der Waals surface area contributed by atoms with Crippen LogP contribution in [-0.4, -0.2) is 31.1 Å². The molecule has 0 amide bonds. The van der Waals surface area contributed by atoms with Crippen LogP contribution in [-0.2, 0) is 0 Å². The summed E-state index contributed by atoms with van der Waals surface area (Å²) in [6.45, 7) is 8.37. The SMILES string of the molecule is CC(C)C[C@@H](c1ccc(Br)cc1F)N1CCNCC1.Cl.Cl. The van der Waals surface area contributed by atoms with Crippen LogP contribution < -0.4 is 5.32 Å². The van der Waals surface area contributed by atoms with Crippen LogP contribution in [0, 0.1) is 11.7 Å². The number of benzene rings is 1. The Bertz CT molecular complexity index is 426. The molecule has 1 saturated heterocycles. The fraction of sp³-hybridized carbons (Fsp3) is 0.600. The van der Waals surface area contributed by atoms with Crippen LogP contribution in [0.3, 0.4) is 0 Å². The summed E-state index contributed by atoms with van der Waals surface area (Å²) < 4.78 is 15.0. The van der Waals surface area contributed by atoms with Crippen LogP contribution in [0.15, 0.2) is 22.7 Å². The van der Waals surface area contributed by atoms with Crippen molar-refractivity contribution in [3.05, 3.63) is 34.1 Å². The van der Waals surface area contributed by atoms with Gasteiger partial charge in [0.1, 0.15) is 5.82 Å². The smallest absolute Gasteiger partial charge is 0.129 e. The van der Waals surface area contributed by atoms with Gasteiger partial charge in [-0.1, -0.05) is 35.8 Å². The molecule has 1 aliphatic heterocycles. The van der Waals surface area contributed by atoms with Gasteiger partial charge in [-0.3, -0.25) is 4.90 Å². The second-order valence-electron chi connectivity index (χ2n) is 5.60. The first-order valence-electron chi connectivity index (χ1n) is 6.97. The molecule has 2 nitrogen and oxygen atoms in total. The average molecular weight is 402 g/mol. The van der Waals surface area contributed by atoms with E-state index in [1.165, 1.54) is 0 Å². The monoisotopic (exact) mass is 400 g/mol. The van der Waals surface area contributed by atoms with E-state index in [4.69, 9.17) is 0 Å². The molecule has 2 rings (SSSR count). The third-order valence-electron chi connectivity index (χ3n) is 3.61. The molecule has 0 aliphatic carbocycles. The van der Waals surface area contributed by atoms with E-state index in [0.717, 1.165) is 42.6 Å². The minimum Gasteiger partial charge on any atom is -0.314 e. The molecular weight excluding hydrogens is 378 g/mol. The van der Waals surface area contributed by atoms with Gasteiger partial charge in [-0.15, -0.1) is 24.8 Å². The van der Waals surface area contributed by atoms with Gasteiger partial charge in [0, 0.05) is 42.3 Å². The maximum atomic E-state index is 14.2. The lowest BCUT2D eigenvalue weighted by Crippen LogP contribution is -2.45. The van der Waals surface area contributed by atoms with Crippen LogP contribution in [0.1, 0.15) is 31.9 Å². The molecule has 0 unspecified atom stereocenters. The van der Waals surface area contributed by atoms with Crippen molar-refractivity contribution in [3.63, 3.8) is 0 Å². The molecule has 0 saturated carbocycles. The standard InChI is InChI=1S/C15H22BrFN2.2ClH/c1-11(2)9-15(19-7-5-18-6-8-19)13-4-3-12(16)10-14(13)17;;/h3-4,10-11,15,18H,5-9H2,1-2H3;2*1H/t15-;;/m0../s1. The van der Waals surface area contributed by atoms with Crippen LogP contribution in [0.2, 0.25) is 0 Å². The predicted molar refractivity (Wildman–Crippen MR) is 95.2 cm³/mol. The van der Waals surface area contributed by atoms with Gasteiger partial charge in [0.05, 0.1) is 0 Å². The fourth-order valence-corrected chi connectivity index (χ4v) is 3.02. The van der Waals surface area contributed by atoms with Crippen molar-refractivity contribution in [1.29, 1.82) is 0 Å². The van der Waals surface area contributed by atoms with Crippen molar-refractivity contribution in [3.8, 4) is 0 Å². The highest BCUT2D eigenvalue weighted by Crippen LogP contribution is 2.31. The van der Waals surface area contributed by atoms with E-state index in [1.807, 2.05) is 12.1 Å². The zero-order valence-electron chi connectivity index (χ0n) is 12.4. The van der Waals surface area contributed by atoms with Crippen molar-refractivity contribution in [1.82, 2.24) is 10.2 Å². The first-order chi connectivity index (χ1) is 9.08. The second-order valence-corrected chi connectivity index (χ2v) is 6.51. The van der Waals surface area contributed by atoms with E-state index in [-0.39, 0.29) is 36.7 Å². The van der Waals surface area contributed by atoms with E-state index in [1.54, 1.807) is 6.07 Å². The second kappa shape index (κ2) is 10.0. The summed E-state index contributed by atoms with van der Waals surface area (Å²) in [6.07, 6.45) is 0.999. The summed E-state index contributed by atoms with van der Waals surface area (Å²) in [4.78, 5) is 2.41. The summed E-state index contributed by atoms with van der Waals surface area (Å²) in [5.41, 5.74) is 0.832. The van der Waals surface area contributed by atoms with Crippen LogP contribution >= 0.6 is 40.7 Å². The normalized spacial score (nSPS) is 17.0. The van der Waals surface area contributed by atoms with Crippen molar-refractivity contribution < 1.29 is 4.39 Å². The molecule has 1 N–H and O–H groups in total. The van der Waals surface area contributed by atoms with Gasteiger partial charge >= 0.3 is 0 Å². The van der Waals surface area contributed by atoms with Gasteiger partial charge < -0.3 is 5.32 Å². The fourth-order valence-electron chi connectivity index (χ4n) is 2.68. The quantitative estimate of drug-likeness (QED) is 0.802. The summed E-state index contributed by atoms with van der Waals surface area (Å²) in [6, 6.07) is 5.63. The van der Waals surface area contributed by atoms with Gasteiger partial charge in [0.25, 0.3) is 0 Å². The van der Waals surface area contributed by atoms with Gasteiger partial charge in [0.15, 0.2) is 0 Å². The Hall–Kier alpha value is 0.130. The predicted octanol–water partition coefficient (Wildman–Crippen LogP) is 4.42. The van der Waals surface area contributed by atoms with Gasteiger partial charge in [0.2, 0.25) is 0 Å². The van der Waals surface area contributed by atoms with E-state index in [0.29, 0.717) is 5.92 Å². The average Bonchev–Trinajstić information content (AvgIpc) is 2.37. The molecule has 0 radical (unpaired) electrons. The molecule has 1 aliphatic rings. The topological polar surface area (TPSA) is 15.3 Å². The number of nitrogens with zero attached hydrogens (tertiary/aromatic N) is 1. The molecule has 0 spiro atoms. The lowest BCUT2D eigenvalue weighted by atomic mass is 9.94. The first-order valence-corrected chi connectivity index (χ1v) is 7.77. The molecule has 0 bridgehead atoms. The summed E-state index contributed by atoms with van der Waals surface area (Å²) in [7, 11) is 0. The Kier molecular flexibility index (Phi) is 10.1. The molecule has 1 fully saturated rings. The van der Waals surface area contributed by atoms with Crippen molar-refractivity contribution >= 4 is 40.7 Å². The van der Waals surface area contributed by atoms with E-state index in [9.17, 15) is 4.39 Å². The Morgan fingerprint density at radius 2 is 1.86 bits per heavy atom. The lowest BCUT2D eigenvalue weighted by Gasteiger charge is -2.36. The number of piperazine rings is 1. The van der Waals surface area contributed by atoms with Crippen LogP contribution in [0.5, 0.6) is 0 Å². The van der Waals surface area contributed by atoms with Crippen molar-refractivity contribution in [2.24, 2.45) is 5.92 Å². The Morgan fingerprint density at radius 3 is 2.38 bits per heavy atom. The number of hydrogen-bond acceptors (Lipinski definition) is 2. The number of rotatable bonds is 4. The molecule has 122 valence electrons. The highest BCUT2D eigenvalue weighted by Gasteiger charge is 2.25. The lowest BCUT2D eigenvalue weighted by molar-refractivity contribution is 0.151. The molecule has 6 heteroatoms. The van der Waals surface area contributed by atoms with E-state index in [2.05, 4.69) is 40.0 Å². The maximum absolute atomic E-state index is 14.2. The third-order valence-corrected chi connectivity index (χ3v) is 4.10. The van der Waals surface area contributed by atoms with Crippen molar-refractivity contribution in [2.45, 2.75) is 26.3 Å². The Morgan fingerprint density at radius 1 is 1.24 bits per heavy atom. The molecule has 1 aromatic rings. The number of halogens is 4. The molecular formula is C15H24BrCl2FN2. The van der Waals surface area contributed by atoms with Gasteiger partial charge in [-0.05, 0) is 24.5 Å². The zero-order chi connectivity index (χ0) is 13.8. The first kappa shape index (κ1) is 21.1. The number of nitrogens with one attached hydrogen (secondary N) is 1. The van der Waals surface area contributed by atoms with E-state index >= 15 is 0 Å². The maximum Gasteiger partial charge on any atom is 0.129 e. The van der Waals surface area contributed by atoms with Crippen molar-refractivity contribution in [2.75, 3.05) is 26.2 Å². The molecule has 1 atom stereocenters. The minimum absolute atomic E-state index is 0.